The second-order valence-electron chi connectivity index (χ2n) is 2.12. The Labute approximate surface area is 77.4 Å². The lowest BCUT2D eigenvalue weighted by molar-refractivity contribution is 0.830. The fraction of sp³-hybridized carbons (Fsp3) is 0. The normalized spacial score (nSPS) is 10.1. The van der Waals surface area contributed by atoms with Gasteiger partial charge in [0.15, 0.2) is 10.4 Å². The first-order valence-corrected chi connectivity index (χ1v) is 4.14. The molecule has 2 rings (SSSR count). The SMILES string of the molecule is Brc1nccnc1-n1cccn1. The zero-order chi connectivity index (χ0) is 8.39. The van der Waals surface area contributed by atoms with E-state index in [1.54, 1.807) is 23.3 Å². The predicted octanol–water partition coefficient (Wildman–Crippen LogP) is 1.42. The Morgan fingerprint density at radius 1 is 1.17 bits per heavy atom. The molecule has 0 saturated carbocycles. The Morgan fingerprint density at radius 2 is 2.00 bits per heavy atom. The van der Waals surface area contributed by atoms with Crippen LogP contribution >= 0.6 is 15.9 Å². The molecule has 60 valence electrons. The molecule has 2 heterocycles. The Kier molecular flexibility index (Phi) is 1.87. The Balaban J connectivity index is 2.55. The molecule has 0 aliphatic heterocycles. The van der Waals surface area contributed by atoms with Gasteiger partial charge in [0.1, 0.15) is 0 Å². The summed E-state index contributed by atoms with van der Waals surface area (Å²) in [5, 5.41) is 4.03. The van der Waals surface area contributed by atoms with Crippen LogP contribution in [0, 0.1) is 0 Å². The molecule has 0 spiro atoms. The monoisotopic (exact) mass is 224 g/mol. The smallest absolute Gasteiger partial charge is 0.186 e. The first-order valence-electron chi connectivity index (χ1n) is 3.34. The summed E-state index contributed by atoms with van der Waals surface area (Å²) in [5.74, 6) is 0.697. The Morgan fingerprint density at radius 3 is 2.67 bits per heavy atom. The molecule has 5 heteroatoms. The van der Waals surface area contributed by atoms with Crippen LogP contribution in [-0.4, -0.2) is 19.7 Å². The van der Waals surface area contributed by atoms with E-state index < -0.39 is 0 Å². The van der Waals surface area contributed by atoms with Crippen LogP contribution in [0.15, 0.2) is 35.5 Å². The van der Waals surface area contributed by atoms with Gasteiger partial charge in [0.05, 0.1) is 0 Å². The maximum absolute atomic E-state index is 4.11. The maximum atomic E-state index is 4.11. The van der Waals surface area contributed by atoms with Crippen molar-refractivity contribution in [2.75, 3.05) is 0 Å². The number of halogens is 1. The molecule has 0 bridgehead atoms. The highest BCUT2D eigenvalue weighted by Crippen LogP contribution is 2.12. The summed E-state index contributed by atoms with van der Waals surface area (Å²) >= 11 is 3.28. The topological polar surface area (TPSA) is 43.6 Å². The van der Waals surface area contributed by atoms with Gasteiger partial charge in [-0.2, -0.15) is 5.10 Å². The third-order valence-electron chi connectivity index (χ3n) is 1.36. The molecule has 12 heavy (non-hydrogen) atoms. The molecule has 0 radical (unpaired) electrons. The van der Waals surface area contributed by atoms with Gasteiger partial charge < -0.3 is 0 Å². The minimum atomic E-state index is 0.689. The highest BCUT2D eigenvalue weighted by atomic mass is 79.9. The zero-order valence-corrected chi connectivity index (χ0v) is 7.64. The lowest BCUT2D eigenvalue weighted by atomic mass is 10.6. The molecule has 0 fully saturated rings. The second-order valence-corrected chi connectivity index (χ2v) is 2.87. The van der Waals surface area contributed by atoms with Gasteiger partial charge in [-0.05, 0) is 22.0 Å². The van der Waals surface area contributed by atoms with Crippen molar-refractivity contribution in [3.05, 3.63) is 35.5 Å². The van der Waals surface area contributed by atoms with Crippen LogP contribution in [-0.2, 0) is 0 Å². The van der Waals surface area contributed by atoms with E-state index in [-0.39, 0.29) is 0 Å². The van der Waals surface area contributed by atoms with Gasteiger partial charge in [-0.3, -0.25) is 0 Å². The summed E-state index contributed by atoms with van der Waals surface area (Å²) in [4.78, 5) is 8.14. The molecule has 0 aliphatic carbocycles. The van der Waals surface area contributed by atoms with Gasteiger partial charge in [0.25, 0.3) is 0 Å². The average molecular weight is 225 g/mol. The van der Waals surface area contributed by atoms with E-state index in [1.807, 2.05) is 12.3 Å². The van der Waals surface area contributed by atoms with Crippen molar-refractivity contribution in [2.45, 2.75) is 0 Å². The molecule has 2 aromatic rings. The Hall–Kier alpha value is -1.23. The molecule has 0 unspecified atom stereocenters. The van der Waals surface area contributed by atoms with E-state index in [4.69, 9.17) is 0 Å². The minimum Gasteiger partial charge on any atom is -0.244 e. The summed E-state index contributed by atoms with van der Waals surface area (Å²) in [6, 6.07) is 1.83. The van der Waals surface area contributed by atoms with Crippen LogP contribution in [0.1, 0.15) is 0 Å². The fourth-order valence-corrected chi connectivity index (χ4v) is 1.26. The first kappa shape index (κ1) is 7.42. The fourth-order valence-electron chi connectivity index (χ4n) is 0.861. The standard InChI is InChI=1S/C7H5BrN4/c8-6-7(10-4-3-9-6)12-5-1-2-11-12/h1-5H. The highest BCUT2D eigenvalue weighted by molar-refractivity contribution is 9.10. The van der Waals surface area contributed by atoms with Gasteiger partial charge in [-0.25, -0.2) is 14.6 Å². The van der Waals surface area contributed by atoms with Crippen LogP contribution in [0.3, 0.4) is 0 Å². The average Bonchev–Trinajstić information content (AvgIpc) is 2.57. The van der Waals surface area contributed by atoms with E-state index in [9.17, 15) is 0 Å². The third kappa shape index (κ3) is 1.23. The van der Waals surface area contributed by atoms with E-state index in [2.05, 4.69) is 31.0 Å². The third-order valence-corrected chi connectivity index (χ3v) is 1.92. The molecule has 0 aliphatic rings. The van der Waals surface area contributed by atoms with Crippen molar-refractivity contribution < 1.29 is 0 Å². The van der Waals surface area contributed by atoms with E-state index in [0.29, 0.717) is 10.4 Å². The molecule has 0 N–H and O–H groups in total. The van der Waals surface area contributed by atoms with Gasteiger partial charge >= 0.3 is 0 Å². The summed E-state index contributed by atoms with van der Waals surface area (Å²) in [7, 11) is 0. The molecule has 4 nitrogen and oxygen atoms in total. The number of hydrogen-bond donors (Lipinski definition) is 0. The summed E-state index contributed by atoms with van der Waals surface area (Å²) in [6.07, 6.45) is 6.76. The first-order chi connectivity index (χ1) is 5.88. The molecular weight excluding hydrogens is 220 g/mol. The quantitative estimate of drug-likeness (QED) is 0.737. The van der Waals surface area contributed by atoms with Gasteiger partial charge in [0.2, 0.25) is 0 Å². The van der Waals surface area contributed by atoms with E-state index in [0.717, 1.165) is 0 Å². The van der Waals surface area contributed by atoms with Gasteiger partial charge in [0, 0.05) is 24.8 Å². The maximum Gasteiger partial charge on any atom is 0.186 e. The largest absolute Gasteiger partial charge is 0.244 e. The van der Waals surface area contributed by atoms with Crippen molar-refractivity contribution in [3.8, 4) is 5.82 Å². The summed E-state index contributed by atoms with van der Waals surface area (Å²) in [5.41, 5.74) is 0. The lowest BCUT2D eigenvalue weighted by Gasteiger charge is -1.99. The van der Waals surface area contributed by atoms with Crippen molar-refractivity contribution in [3.63, 3.8) is 0 Å². The molecule has 0 amide bonds. The summed E-state index contributed by atoms with van der Waals surface area (Å²) < 4.78 is 2.34. The van der Waals surface area contributed by atoms with Crippen LogP contribution in [0.4, 0.5) is 0 Å². The summed E-state index contributed by atoms with van der Waals surface area (Å²) in [6.45, 7) is 0. The van der Waals surface area contributed by atoms with Crippen LogP contribution in [0.5, 0.6) is 0 Å². The molecule has 2 aromatic heterocycles. The second kappa shape index (κ2) is 3.02. The van der Waals surface area contributed by atoms with Crippen molar-refractivity contribution in [2.24, 2.45) is 0 Å². The number of nitrogens with zero attached hydrogens (tertiary/aromatic N) is 4. The van der Waals surface area contributed by atoms with Crippen LogP contribution < -0.4 is 0 Å². The van der Waals surface area contributed by atoms with Gasteiger partial charge in [-0.1, -0.05) is 0 Å². The number of rotatable bonds is 1. The molecule has 0 aromatic carbocycles. The predicted molar refractivity (Wildman–Crippen MR) is 46.9 cm³/mol. The number of hydrogen-bond acceptors (Lipinski definition) is 3. The highest BCUT2D eigenvalue weighted by Gasteiger charge is 2.02. The molecule has 0 saturated heterocycles. The van der Waals surface area contributed by atoms with Crippen LogP contribution in [0.2, 0.25) is 0 Å². The van der Waals surface area contributed by atoms with E-state index >= 15 is 0 Å². The number of aromatic nitrogens is 4. The van der Waals surface area contributed by atoms with Gasteiger partial charge in [-0.15, -0.1) is 0 Å². The minimum absolute atomic E-state index is 0.689. The van der Waals surface area contributed by atoms with Crippen LogP contribution in [0.25, 0.3) is 5.82 Å². The zero-order valence-electron chi connectivity index (χ0n) is 6.05. The Bertz CT molecular complexity index is 371. The lowest BCUT2D eigenvalue weighted by Crippen LogP contribution is -1.99. The van der Waals surface area contributed by atoms with Crippen molar-refractivity contribution >= 4 is 15.9 Å². The van der Waals surface area contributed by atoms with Crippen molar-refractivity contribution in [1.82, 2.24) is 19.7 Å². The van der Waals surface area contributed by atoms with Crippen molar-refractivity contribution in [1.29, 1.82) is 0 Å². The molecule has 0 atom stereocenters. The molecular formula is C7H5BrN4. The van der Waals surface area contributed by atoms with E-state index in [1.165, 1.54) is 0 Å².